The lowest BCUT2D eigenvalue weighted by Crippen LogP contribution is -2.56. The molecule has 5 heteroatoms. The van der Waals surface area contributed by atoms with E-state index < -0.39 is 6.04 Å². The molecule has 1 saturated heterocycles. The predicted octanol–water partition coefficient (Wildman–Crippen LogP) is -0.165. The first kappa shape index (κ1) is 14.0. The second kappa shape index (κ2) is 6.65. The number of hydrazine groups is 1. The second-order valence-corrected chi connectivity index (χ2v) is 5.06. The van der Waals surface area contributed by atoms with Crippen molar-refractivity contribution in [2.75, 3.05) is 33.2 Å². The Kier molecular flexibility index (Phi) is 4.90. The molecule has 1 heterocycles. The predicted molar refractivity (Wildman–Crippen MR) is 75.3 cm³/mol. The van der Waals surface area contributed by atoms with Crippen LogP contribution in [0.3, 0.4) is 0 Å². The third kappa shape index (κ3) is 4.31. The average molecular weight is 262 g/mol. The molecule has 2 rings (SSSR count). The van der Waals surface area contributed by atoms with E-state index in [0.717, 1.165) is 31.7 Å². The summed E-state index contributed by atoms with van der Waals surface area (Å²) in [6.45, 7) is 3.63. The molecule has 104 valence electrons. The van der Waals surface area contributed by atoms with Crippen molar-refractivity contribution in [1.82, 2.24) is 15.3 Å². The van der Waals surface area contributed by atoms with E-state index >= 15 is 0 Å². The molecule has 0 radical (unpaired) electrons. The smallest absolute Gasteiger partial charge is 0.251 e. The van der Waals surface area contributed by atoms with Gasteiger partial charge in [-0.25, -0.2) is 5.01 Å². The largest absolute Gasteiger partial charge is 0.320 e. The molecular weight excluding hydrogens is 240 g/mol. The summed E-state index contributed by atoms with van der Waals surface area (Å²) in [5.74, 6) is -0.103. The molecule has 5 nitrogen and oxygen atoms in total. The van der Waals surface area contributed by atoms with Gasteiger partial charge in [-0.3, -0.25) is 10.2 Å². The van der Waals surface area contributed by atoms with Gasteiger partial charge in [-0.2, -0.15) is 0 Å². The van der Waals surface area contributed by atoms with Gasteiger partial charge in [0.2, 0.25) is 0 Å². The molecule has 0 aromatic heterocycles. The quantitative estimate of drug-likeness (QED) is 0.791. The van der Waals surface area contributed by atoms with Crippen LogP contribution in [0.25, 0.3) is 0 Å². The van der Waals surface area contributed by atoms with Gasteiger partial charge in [-0.05, 0) is 19.0 Å². The van der Waals surface area contributed by atoms with Crippen molar-refractivity contribution in [3.05, 3.63) is 35.9 Å². The highest BCUT2D eigenvalue weighted by atomic mass is 16.2. The summed E-state index contributed by atoms with van der Waals surface area (Å²) >= 11 is 0. The van der Waals surface area contributed by atoms with Gasteiger partial charge in [0.1, 0.15) is 0 Å². The Morgan fingerprint density at radius 2 is 1.89 bits per heavy atom. The standard InChI is InChI=1S/C14H22N4O/c1-17-7-9-18(10-8-17)16-14(19)13(15)11-12-5-3-2-4-6-12/h2-6,13H,7-11,15H2,1H3,(H,16,19)/t13-/m0/s1. The summed E-state index contributed by atoms with van der Waals surface area (Å²) in [4.78, 5) is 14.2. The number of hydrogen-bond acceptors (Lipinski definition) is 4. The molecule has 0 saturated carbocycles. The van der Waals surface area contributed by atoms with E-state index in [1.165, 1.54) is 0 Å². The van der Waals surface area contributed by atoms with Crippen LogP contribution in [0.15, 0.2) is 30.3 Å². The number of piperazine rings is 1. The van der Waals surface area contributed by atoms with Crippen molar-refractivity contribution in [3.8, 4) is 0 Å². The summed E-state index contributed by atoms with van der Waals surface area (Å²) in [7, 11) is 2.08. The molecule has 1 fully saturated rings. The van der Waals surface area contributed by atoms with E-state index in [1.807, 2.05) is 35.3 Å². The first-order valence-electron chi connectivity index (χ1n) is 6.68. The molecule has 3 N–H and O–H groups in total. The number of carbonyl (C=O) groups is 1. The topological polar surface area (TPSA) is 61.6 Å². The van der Waals surface area contributed by atoms with E-state index in [4.69, 9.17) is 5.73 Å². The average Bonchev–Trinajstić information content (AvgIpc) is 2.42. The van der Waals surface area contributed by atoms with Crippen molar-refractivity contribution in [1.29, 1.82) is 0 Å². The maximum atomic E-state index is 12.0. The SMILES string of the molecule is CN1CCN(NC(=O)[C@@H](N)Cc2ccccc2)CC1. The zero-order valence-electron chi connectivity index (χ0n) is 11.4. The number of rotatable bonds is 4. The highest BCUT2D eigenvalue weighted by Gasteiger charge is 2.19. The molecule has 1 aromatic rings. The van der Waals surface area contributed by atoms with E-state index in [2.05, 4.69) is 17.4 Å². The Hall–Kier alpha value is -1.43. The number of nitrogens with one attached hydrogen (secondary N) is 1. The van der Waals surface area contributed by atoms with Gasteiger partial charge in [-0.1, -0.05) is 30.3 Å². The lowest BCUT2D eigenvalue weighted by Gasteiger charge is -2.33. The fourth-order valence-corrected chi connectivity index (χ4v) is 2.12. The third-order valence-corrected chi connectivity index (χ3v) is 3.41. The zero-order valence-corrected chi connectivity index (χ0v) is 11.4. The van der Waals surface area contributed by atoms with Crippen LogP contribution in [0.1, 0.15) is 5.56 Å². The van der Waals surface area contributed by atoms with Gasteiger partial charge in [0.15, 0.2) is 0 Å². The molecule has 0 aliphatic carbocycles. The van der Waals surface area contributed by atoms with Crippen LogP contribution >= 0.6 is 0 Å². The number of nitrogens with two attached hydrogens (primary N) is 1. The maximum absolute atomic E-state index is 12.0. The van der Waals surface area contributed by atoms with Crippen molar-refractivity contribution >= 4 is 5.91 Å². The van der Waals surface area contributed by atoms with Gasteiger partial charge in [0, 0.05) is 26.2 Å². The summed E-state index contributed by atoms with van der Waals surface area (Å²) in [6, 6.07) is 9.36. The highest BCUT2D eigenvalue weighted by Crippen LogP contribution is 2.02. The number of likely N-dealkylation sites (N-methyl/N-ethyl adjacent to an activating group) is 1. The first-order chi connectivity index (χ1) is 9.15. The zero-order chi connectivity index (χ0) is 13.7. The van der Waals surface area contributed by atoms with Gasteiger partial charge in [0.25, 0.3) is 5.91 Å². The van der Waals surface area contributed by atoms with Crippen LogP contribution in [0, 0.1) is 0 Å². The van der Waals surface area contributed by atoms with Gasteiger partial charge in [0.05, 0.1) is 6.04 Å². The van der Waals surface area contributed by atoms with Crippen LogP contribution < -0.4 is 11.2 Å². The maximum Gasteiger partial charge on any atom is 0.251 e. The summed E-state index contributed by atoms with van der Waals surface area (Å²) < 4.78 is 0. The Balaban J connectivity index is 1.79. The van der Waals surface area contributed by atoms with Crippen molar-refractivity contribution < 1.29 is 4.79 Å². The third-order valence-electron chi connectivity index (χ3n) is 3.41. The summed E-state index contributed by atoms with van der Waals surface area (Å²) in [5.41, 5.74) is 9.93. The van der Waals surface area contributed by atoms with Gasteiger partial charge < -0.3 is 10.6 Å². The number of benzene rings is 1. The van der Waals surface area contributed by atoms with Crippen LogP contribution in [-0.4, -0.2) is 55.1 Å². The van der Waals surface area contributed by atoms with E-state index in [9.17, 15) is 4.79 Å². The van der Waals surface area contributed by atoms with E-state index in [-0.39, 0.29) is 5.91 Å². The van der Waals surface area contributed by atoms with Crippen LogP contribution in [0.5, 0.6) is 0 Å². The fourth-order valence-electron chi connectivity index (χ4n) is 2.12. The molecule has 1 amide bonds. The second-order valence-electron chi connectivity index (χ2n) is 5.06. The first-order valence-corrected chi connectivity index (χ1v) is 6.68. The Bertz CT molecular complexity index is 401. The lowest BCUT2D eigenvalue weighted by atomic mass is 10.1. The Morgan fingerprint density at radius 1 is 1.26 bits per heavy atom. The Labute approximate surface area is 114 Å². The molecule has 1 aromatic carbocycles. The number of amides is 1. The monoisotopic (exact) mass is 262 g/mol. The minimum Gasteiger partial charge on any atom is -0.320 e. The van der Waals surface area contributed by atoms with Crippen LogP contribution in [0.2, 0.25) is 0 Å². The normalized spacial score (nSPS) is 19.1. The van der Waals surface area contributed by atoms with E-state index in [1.54, 1.807) is 0 Å². The Morgan fingerprint density at radius 3 is 2.53 bits per heavy atom. The molecule has 1 aliphatic rings. The molecule has 0 unspecified atom stereocenters. The van der Waals surface area contributed by atoms with Crippen molar-refractivity contribution in [3.63, 3.8) is 0 Å². The van der Waals surface area contributed by atoms with E-state index in [0.29, 0.717) is 6.42 Å². The molecule has 0 spiro atoms. The fraction of sp³-hybridized carbons (Fsp3) is 0.500. The van der Waals surface area contributed by atoms with Crippen molar-refractivity contribution in [2.24, 2.45) is 5.73 Å². The lowest BCUT2D eigenvalue weighted by molar-refractivity contribution is -0.128. The summed E-state index contributed by atoms with van der Waals surface area (Å²) in [5, 5.41) is 1.95. The van der Waals surface area contributed by atoms with Gasteiger partial charge >= 0.3 is 0 Å². The van der Waals surface area contributed by atoms with Crippen LogP contribution in [0.4, 0.5) is 0 Å². The molecule has 1 aliphatic heterocycles. The number of hydrogen-bond donors (Lipinski definition) is 2. The molecule has 1 atom stereocenters. The number of carbonyl (C=O) groups excluding carboxylic acids is 1. The minimum absolute atomic E-state index is 0.103. The molecule has 19 heavy (non-hydrogen) atoms. The minimum atomic E-state index is -0.498. The highest BCUT2D eigenvalue weighted by molar-refractivity contribution is 5.81. The van der Waals surface area contributed by atoms with Gasteiger partial charge in [-0.15, -0.1) is 0 Å². The number of nitrogens with zero attached hydrogens (tertiary/aromatic N) is 2. The molecular formula is C14H22N4O. The molecule has 0 bridgehead atoms. The summed E-state index contributed by atoms with van der Waals surface area (Å²) in [6.07, 6.45) is 0.570. The van der Waals surface area contributed by atoms with Crippen molar-refractivity contribution in [2.45, 2.75) is 12.5 Å². The van der Waals surface area contributed by atoms with Crippen LogP contribution in [-0.2, 0) is 11.2 Å².